The normalized spacial score (nSPS) is 19.5. The summed E-state index contributed by atoms with van der Waals surface area (Å²) in [4.78, 5) is 18.7. The summed E-state index contributed by atoms with van der Waals surface area (Å²) >= 11 is 0. The highest BCUT2D eigenvalue weighted by molar-refractivity contribution is 6.01. The summed E-state index contributed by atoms with van der Waals surface area (Å²) in [6.45, 7) is 4.40. The van der Waals surface area contributed by atoms with Crippen LogP contribution in [0.15, 0.2) is 84.1 Å². The first-order chi connectivity index (χ1) is 17.0. The van der Waals surface area contributed by atoms with Gasteiger partial charge in [0, 0.05) is 17.7 Å². The maximum Gasteiger partial charge on any atom is 0.209 e. The quantitative estimate of drug-likeness (QED) is 0.371. The van der Waals surface area contributed by atoms with Gasteiger partial charge in [-0.1, -0.05) is 62.4 Å². The van der Waals surface area contributed by atoms with Crippen molar-refractivity contribution in [2.75, 3.05) is 12.4 Å². The van der Waals surface area contributed by atoms with Crippen molar-refractivity contribution < 1.29 is 9.53 Å². The Balaban J connectivity index is 1.46. The van der Waals surface area contributed by atoms with Crippen LogP contribution in [0, 0.1) is 0 Å². The molecule has 0 radical (unpaired) electrons. The van der Waals surface area contributed by atoms with Gasteiger partial charge >= 0.3 is 0 Å². The van der Waals surface area contributed by atoms with Crippen molar-refractivity contribution in [1.29, 1.82) is 0 Å². The summed E-state index contributed by atoms with van der Waals surface area (Å²) in [5.74, 6) is 2.43. The molecule has 0 spiro atoms. The zero-order valence-corrected chi connectivity index (χ0v) is 20.3. The largest absolute Gasteiger partial charge is 0.497 e. The highest BCUT2D eigenvalue weighted by Crippen LogP contribution is 2.46. The van der Waals surface area contributed by atoms with Gasteiger partial charge in [0.25, 0.3) is 0 Å². The van der Waals surface area contributed by atoms with Crippen LogP contribution < -0.4 is 10.1 Å². The Morgan fingerprint density at radius 3 is 2.37 bits per heavy atom. The van der Waals surface area contributed by atoms with Crippen molar-refractivity contribution in [2.45, 2.75) is 44.6 Å². The number of rotatable bonds is 4. The number of Topliss-reactive ketones (excluding diaryl/α,β-unsaturated/α-hetero) is 1. The van der Waals surface area contributed by atoms with Crippen LogP contribution in [0.2, 0.25) is 0 Å². The van der Waals surface area contributed by atoms with E-state index in [-0.39, 0.29) is 17.7 Å². The lowest BCUT2D eigenvalue weighted by Crippen LogP contribution is -2.33. The van der Waals surface area contributed by atoms with E-state index in [0.717, 1.165) is 46.0 Å². The van der Waals surface area contributed by atoms with Gasteiger partial charge in [-0.25, -0.2) is 4.98 Å². The number of hydrogen-bond acceptors (Lipinski definition) is 4. The highest BCUT2D eigenvalue weighted by Gasteiger charge is 2.39. The number of carbonyl (C=O) groups excluding carboxylic acids is 1. The second-order valence-electron chi connectivity index (χ2n) is 9.84. The molecule has 5 heteroatoms. The molecule has 1 aliphatic heterocycles. The van der Waals surface area contributed by atoms with Gasteiger partial charge in [0.15, 0.2) is 5.78 Å². The van der Waals surface area contributed by atoms with Crippen LogP contribution in [-0.4, -0.2) is 22.4 Å². The zero-order valence-electron chi connectivity index (χ0n) is 20.3. The summed E-state index contributed by atoms with van der Waals surface area (Å²) in [5, 5.41) is 3.56. The minimum Gasteiger partial charge on any atom is -0.497 e. The van der Waals surface area contributed by atoms with Gasteiger partial charge in [0.2, 0.25) is 5.95 Å². The lowest BCUT2D eigenvalue weighted by molar-refractivity contribution is -0.116. The number of imidazole rings is 1. The molecule has 0 amide bonds. The molecule has 2 heterocycles. The van der Waals surface area contributed by atoms with Crippen LogP contribution in [0.25, 0.3) is 11.0 Å². The minimum absolute atomic E-state index is 0.155. The number of para-hydroxylation sites is 2. The van der Waals surface area contributed by atoms with Crippen molar-refractivity contribution in [3.05, 3.63) is 101 Å². The van der Waals surface area contributed by atoms with E-state index in [1.54, 1.807) is 7.11 Å². The Bertz CT molecular complexity index is 1450. The van der Waals surface area contributed by atoms with Crippen LogP contribution in [0.4, 0.5) is 5.95 Å². The van der Waals surface area contributed by atoms with Crippen molar-refractivity contribution in [1.82, 2.24) is 9.55 Å². The number of nitrogens with one attached hydrogen (secondary N) is 1. The van der Waals surface area contributed by atoms with Gasteiger partial charge in [-0.15, -0.1) is 0 Å². The summed E-state index contributed by atoms with van der Waals surface area (Å²) in [6, 6.07) is 24.7. The summed E-state index contributed by atoms with van der Waals surface area (Å²) in [5.41, 5.74) is 7.36. The van der Waals surface area contributed by atoms with Gasteiger partial charge in [-0.05, 0) is 59.2 Å². The highest BCUT2D eigenvalue weighted by atomic mass is 16.5. The number of carbonyl (C=O) groups is 1. The summed E-state index contributed by atoms with van der Waals surface area (Å²) < 4.78 is 7.56. The average molecular weight is 464 g/mol. The van der Waals surface area contributed by atoms with Gasteiger partial charge in [-0.3, -0.25) is 9.36 Å². The number of hydrogen-bond donors (Lipinski definition) is 1. The molecule has 176 valence electrons. The lowest BCUT2D eigenvalue weighted by atomic mass is 9.77. The van der Waals surface area contributed by atoms with Crippen molar-refractivity contribution >= 4 is 22.8 Å². The summed E-state index contributed by atoms with van der Waals surface area (Å²) in [6.07, 6.45) is 1.30. The Labute approximate surface area is 205 Å². The Kier molecular flexibility index (Phi) is 5.21. The van der Waals surface area contributed by atoms with Crippen LogP contribution >= 0.6 is 0 Å². The van der Waals surface area contributed by atoms with E-state index in [0.29, 0.717) is 12.3 Å². The fourth-order valence-electron chi connectivity index (χ4n) is 5.52. The third kappa shape index (κ3) is 3.63. The van der Waals surface area contributed by atoms with Crippen LogP contribution in [0.1, 0.15) is 61.3 Å². The lowest BCUT2D eigenvalue weighted by Gasteiger charge is -2.36. The minimum atomic E-state index is -0.226. The number of allylic oxidation sites excluding steroid dienone is 2. The topological polar surface area (TPSA) is 56.1 Å². The molecule has 0 saturated carbocycles. The van der Waals surface area contributed by atoms with Crippen molar-refractivity contribution in [2.24, 2.45) is 0 Å². The number of nitrogens with zero attached hydrogens (tertiary/aromatic N) is 2. The van der Waals surface area contributed by atoms with E-state index in [4.69, 9.17) is 9.72 Å². The molecule has 4 aromatic rings. The third-order valence-electron chi connectivity index (χ3n) is 7.40. The molecule has 1 aromatic heterocycles. The van der Waals surface area contributed by atoms with E-state index in [1.165, 1.54) is 11.1 Å². The molecule has 5 nitrogen and oxygen atoms in total. The SMILES string of the molecule is COc1ccc(C2C3=C(CC(c4ccc(C(C)C)cc4)CC3=O)Nc3nc4ccccc4n32)cc1. The molecule has 35 heavy (non-hydrogen) atoms. The second-order valence-corrected chi connectivity index (χ2v) is 9.84. The molecule has 2 atom stereocenters. The molecule has 0 bridgehead atoms. The molecule has 3 aromatic carbocycles. The van der Waals surface area contributed by atoms with Crippen LogP contribution in [-0.2, 0) is 4.79 Å². The first-order valence-corrected chi connectivity index (χ1v) is 12.3. The van der Waals surface area contributed by atoms with Gasteiger partial charge < -0.3 is 10.1 Å². The Hall–Kier alpha value is -3.86. The maximum atomic E-state index is 13.8. The molecular formula is C30H29N3O2. The molecule has 1 N–H and O–H groups in total. The number of ketones is 1. The smallest absolute Gasteiger partial charge is 0.209 e. The number of anilines is 1. The van der Waals surface area contributed by atoms with Crippen LogP contribution in [0.3, 0.4) is 0 Å². The standard InChI is InChI=1S/C30H29N3O2/c1-18(2)19-8-10-20(11-9-19)22-16-25-28(27(34)17-22)29(21-12-14-23(35-3)15-13-21)33-26-7-5-4-6-24(26)31-30(33)32-25/h4-15,18,22,29H,16-17H2,1-3H3,(H,31,32). The second kappa shape index (κ2) is 8.42. The van der Waals surface area contributed by atoms with Gasteiger partial charge in [0.05, 0.1) is 24.2 Å². The predicted octanol–water partition coefficient (Wildman–Crippen LogP) is 6.58. The number of benzene rings is 3. The van der Waals surface area contributed by atoms with Gasteiger partial charge in [0.1, 0.15) is 5.75 Å². The third-order valence-corrected chi connectivity index (χ3v) is 7.40. The van der Waals surface area contributed by atoms with E-state index in [2.05, 4.69) is 66.2 Å². The Morgan fingerprint density at radius 2 is 1.66 bits per heavy atom. The van der Waals surface area contributed by atoms with Crippen molar-refractivity contribution in [3.8, 4) is 5.75 Å². The molecule has 2 unspecified atom stereocenters. The summed E-state index contributed by atoms with van der Waals surface area (Å²) in [7, 11) is 1.67. The maximum absolute atomic E-state index is 13.8. The molecule has 2 aliphatic rings. The molecule has 0 fully saturated rings. The molecule has 6 rings (SSSR count). The Morgan fingerprint density at radius 1 is 0.943 bits per heavy atom. The fourth-order valence-corrected chi connectivity index (χ4v) is 5.52. The number of fused-ring (bicyclic) bond motifs is 3. The first-order valence-electron chi connectivity index (χ1n) is 12.3. The first kappa shape index (κ1) is 21.7. The number of ether oxygens (including phenoxy) is 1. The molecule has 1 aliphatic carbocycles. The van der Waals surface area contributed by atoms with E-state index in [9.17, 15) is 4.79 Å². The van der Waals surface area contributed by atoms with Gasteiger partial charge in [-0.2, -0.15) is 0 Å². The zero-order chi connectivity index (χ0) is 24.1. The predicted molar refractivity (Wildman–Crippen MR) is 139 cm³/mol. The fraction of sp³-hybridized carbons (Fsp3) is 0.267. The number of aromatic nitrogens is 2. The molecular weight excluding hydrogens is 434 g/mol. The van der Waals surface area contributed by atoms with E-state index in [1.807, 2.05) is 30.3 Å². The van der Waals surface area contributed by atoms with Crippen molar-refractivity contribution in [3.63, 3.8) is 0 Å². The van der Waals surface area contributed by atoms with E-state index >= 15 is 0 Å². The van der Waals surface area contributed by atoms with E-state index < -0.39 is 0 Å². The number of methoxy groups -OCH3 is 1. The van der Waals surface area contributed by atoms with Crippen LogP contribution in [0.5, 0.6) is 5.75 Å². The monoisotopic (exact) mass is 463 g/mol. The average Bonchev–Trinajstić information content (AvgIpc) is 3.25. The molecule has 0 saturated heterocycles.